The Bertz CT molecular complexity index is 2200. The Balaban J connectivity index is 1.30. The van der Waals surface area contributed by atoms with Crippen molar-refractivity contribution in [1.82, 2.24) is 24.1 Å². The summed E-state index contributed by atoms with van der Waals surface area (Å²) in [6.07, 6.45) is 1.32. The maximum Gasteiger partial charge on any atom is 0.354 e. The van der Waals surface area contributed by atoms with Crippen LogP contribution in [-0.4, -0.2) is 48.9 Å². The molecule has 0 unspecified atom stereocenters. The molecule has 3 heterocycles. The van der Waals surface area contributed by atoms with Crippen LogP contribution in [0.2, 0.25) is 5.02 Å². The average molecular weight is 704 g/mol. The first-order valence-electron chi connectivity index (χ1n) is 16.1. The second-order valence-corrected chi connectivity index (χ2v) is 13.5. The molecule has 1 N–H and O–H groups in total. The van der Waals surface area contributed by atoms with Crippen molar-refractivity contribution in [3.63, 3.8) is 0 Å². The number of ether oxygens (including phenoxy) is 2. The molecule has 0 atom stereocenters. The number of aryl methyl sites for hydroxylation is 5. The molecule has 6 rings (SSSR count). The van der Waals surface area contributed by atoms with Crippen LogP contribution >= 0.6 is 23.4 Å². The maximum atomic E-state index is 14.3. The van der Waals surface area contributed by atoms with Gasteiger partial charge in [0.1, 0.15) is 17.3 Å². The highest BCUT2D eigenvalue weighted by molar-refractivity contribution is 7.98. The van der Waals surface area contributed by atoms with Crippen molar-refractivity contribution in [3.8, 4) is 16.9 Å². The number of halogens is 2. The molecule has 0 aliphatic rings. The van der Waals surface area contributed by atoms with Gasteiger partial charge < -0.3 is 19.1 Å². The van der Waals surface area contributed by atoms with Crippen LogP contribution in [0.25, 0.3) is 32.8 Å². The van der Waals surface area contributed by atoms with Gasteiger partial charge in [0, 0.05) is 75.1 Å². The largest absolute Gasteiger partial charge is 0.493 e. The lowest BCUT2D eigenvalue weighted by molar-refractivity contribution is 0.0587. The van der Waals surface area contributed by atoms with Crippen molar-refractivity contribution < 1.29 is 23.8 Å². The number of nitrogens with zero attached hydrogens (tertiary/aromatic N) is 5. The Morgan fingerprint density at radius 1 is 1.04 bits per heavy atom. The minimum Gasteiger partial charge on any atom is -0.493 e. The van der Waals surface area contributed by atoms with Crippen LogP contribution in [-0.2, 0) is 44.2 Å². The first kappa shape index (κ1) is 34.5. The number of carbonyl (C=O) groups excluding carboxylic acids is 1. The lowest BCUT2D eigenvalue weighted by Gasteiger charge is -2.14. The predicted octanol–water partition coefficient (Wildman–Crippen LogP) is 7.94. The number of benzene rings is 3. The van der Waals surface area contributed by atoms with E-state index < -0.39 is 5.97 Å². The van der Waals surface area contributed by atoms with Crippen LogP contribution in [0, 0.1) is 19.7 Å². The molecule has 3 aromatic heterocycles. The zero-order valence-corrected chi connectivity index (χ0v) is 30.0. The molecule has 0 fully saturated rings. The van der Waals surface area contributed by atoms with Crippen LogP contribution in [0.5, 0.6) is 5.75 Å². The Kier molecular flexibility index (Phi) is 10.1. The summed E-state index contributed by atoms with van der Waals surface area (Å²) in [5.41, 5.74) is 7.50. The standard InChI is InChI=1S/C37H39ClFN5O4S/c1-7-30-34(22(3)42(4)41-30)35-29(38)11-12-31-33(35)21(2)36(37(46)47-6)44(31)13-8-14-48-32-18-27(16-23-15-24(39)9-10-28(23)32)49-20-26-17-25(19-45)40-43(26)5/h9-12,15-18,45H,7-8,13-14,19-20H2,1-6H3. The summed E-state index contributed by atoms with van der Waals surface area (Å²) in [4.78, 5) is 14.2. The van der Waals surface area contributed by atoms with Gasteiger partial charge in [-0.1, -0.05) is 18.5 Å². The molecule has 0 radical (unpaired) electrons. The number of carbonyl (C=O) groups is 1. The number of hydrogen-bond donors (Lipinski definition) is 1. The van der Waals surface area contributed by atoms with E-state index in [2.05, 4.69) is 12.0 Å². The summed E-state index contributed by atoms with van der Waals surface area (Å²) in [6.45, 7) is 6.74. The first-order valence-corrected chi connectivity index (χ1v) is 17.5. The summed E-state index contributed by atoms with van der Waals surface area (Å²) in [5, 5.41) is 21.5. The number of esters is 1. The second kappa shape index (κ2) is 14.3. The summed E-state index contributed by atoms with van der Waals surface area (Å²) in [7, 11) is 5.16. The topological polar surface area (TPSA) is 96.3 Å². The maximum absolute atomic E-state index is 14.3. The van der Waals surface area contributed by atoms with Crippen molar-refractivity contribution in [2.75, 3.05) is 13.7 Å². The molecule has 0 spiro atoms. The monoisotopic (exact) mass is 703 g/mol. The number of thioether (sulfide) groups is 1. The molecule has 0 aliphatic carbocycles. The van der Waals surface area contributed by atoms with Gasteiger partial charge in [-0.15, -0.1) is 11.8 Å². The molecule has 0 aliphatic heterocycles. The highest BCUT2D eigenvalue weighted by Crippen LogP contribution is 2.42. The van der Waals surface area contributed by atoms with Crippen LogP contribution in [0.1, 0.15) is 52.2 Å². The minimum absolute atomic E-state index is 0.121. The molecule has 256 valence electrons. The first-order chi connectivity index (χ1) is 23.6. The predicted molar refractivity (Wildman–Crippen MR) is 192 cm³/mol. The van der Waals surface area contributed by atoms with E-state index in [-0.39, 0.29) is 12.4 Å². The Hall–Kier alpha value is -4.32. The number of aromatic nitrogens is 5. The fourth-order valence-corrected chi connectivity index (χ4v) is 7.76. The molecule has 0 saturated carbocycles. The van der Waals surface area contributed by atoms with E-state index in [9.17, 15) is 14.3 Å². The van der Waals surface area contributed by atoms with Crippen LogP contribution in [0.15, 0.2) is 53.4 Å². The lowest BCUT2D eigenvalue weighted by Crippen LogP contribution is -2.13. The Morgan fingerprint density at radius 2 is 1.84 bits per heavy atom. The van der Waals surface area contributed by atoms with E-state index in [1.165, 1.54) is 19.2 Å². The van der Waals surface area contributed by atoms with Crippen molar-refractivity contribution in [2.24, 2.45) is 14.1 Å². The van der Waals surface area contributed by atoms with Gasteiger partial charge in [-0.3, -0.25) is 9.36 Å². The highest BCUT2D eigenvalue weighted by atomic mass is 35.5. The van der Waals surface area contributed by atoms with E-state index in [1.807, 2.05) is 67.5 Å². The summed E-state index contributed by atoms with van der Waals surface area (Å²) in [5.74, 6) is 0.519. The third-order valence-corrected chi connectivity index (χ3v) is 10.3. The van der Waals surface area contributed by atoms with Gasteiger partial charge in [0.05, 0.1) is 31.7 Å². The third-order valence-electron chi connectivity index (χ3n) is 9.00. The van der Waals surface area contributed by atoms with E-state index >= 15 is 0 Å². The van der Waals surface area contributed by atoms with Crippen molar-refractivity contribution >= 4 is 51.0 Å². The zero-order valence-electron chi connectivity index (χ0n) is 28.4. The average Bonchev–Trinajstić information content (AvgIpc) is 3.70. The smallest absolute Gasteiger partial charge is 0.354 e. The Morgan fingerprint density at radius 3 is 2.55 bits per heavy atom. The summed E-state index contributed by atoms with van der Waals surface area (Å²) in [6, 6.07) is 14.3. The number of aliphatic hydroxyl groups excluding tert-OH is 1. The van der Waals surface area contributed by atoms with Crippen LogP contribution < -0.4 is 4.74 Å². The molecule has 0 saturated heterocycles. The normalized spacial score (nSPS) is 11.6. The molecular formula is C37H39ClFN5O4S. The molecule has 12 heteroatoms. The van der Waals surface area contributed by atoms with E-state index in [0.717, 1.165) is 66.8 Å². The van der Waals surface area contributed by atoms with Gasteiger partial charge in [0.15, 0.2) is 0 Å². The molecule has 9 nitrogen and oxygen atoms in total. The van der Waals surface area contributed by atoms with Gasteiger partial charge in [-0.05, 0) is 86.2 Å². The minimum atomic E-state index is -0.424. The quantitative estimate of drug-likeness (QED) is 0.0786. The molecule has 49 heavy (non-hydrogen) atoms. The number of fused-ring (bicyclic) bond motifs is 2. The van der Waals surface area contributed by atoms with Crippen molar-refractivity contribution in [3.05, 3.63) is 93.4 Å². The number of aliphatic hydroxyl groups is 1. The van der Waals surface area contributed by atoms with E-state index in [0.29, 0.717) is 47.5 Å². The Labute approximate surface area is 293 Å². The highest BCUT2D eigenvalue weighted by Gasteiger charge is 2.27. The molecule has 0 amide bonds. The summed E-state index contributed by atoms with van der Waals surface area (Å²) < 4.78 is 31.5. The van der Waals surface area contributed by atoms with Gasteiger partial charge in [-0.25, -0.2) is 9.18 Å². The molecule has 6 aromatic rings. The number of rotatable bonds is 12. The molecular weight excluding hydrogens is 665 g/mol. The summed E-state index contributed by atoms with van der Waals surface area (Å²) >= 11 is 8.49. The lowest BCUT2D eigenvalue weighted by atomic mass is 9.96. The van der Waals surface area contributed by atoms with Gasteiger partial charge in [0.25, 0.3) is 0 Å². The molecule has 0 bridgehead atoms. The van der Waals surface area contributed by atoms with Crippen LogP contribution in [0.4, 0.5) is 4.39 Å². The van der Waals surface area contributed by atoms with Gasteiger partial charge in [0.2, 0.25) is 0 Å². The zero-order chi connectivity index (χ0) is 35.0. The van der Waals surface area contributed by atoms with Gasteiger partial charge >= 0.3 is 5.97 Å². The van der Waals surface area contributed by atoms with E-state index in [1.54, 1.807) is 22.5 Å². The number of methoxy groups -OCH3 is 1. The van der Waals surface area contributed by atoms with Crippen molar-refractivity contribution in [1.29, 1.82) is 0 Å². The second-order valence-electron chi connectivity index (χ2n) is 12.0. The fraction of sp³-hybridized carbons (Fsp3) is 0.324. The van der Waals surface area contributed by atoms with Gasteiger partial charge in [-0.2, -0.15) is 10.2 Å². The van der Waals surface area contributed by atoms with Crippen LogP contribution in [0.3, 0.4) is 0 Å². The SMILES string of the molecule is CCc1nn(C)c(C)c1-c1c(Cl)ccc2c1c(C)c(C(=O)OC)n2CCCOc1cc(SCc2cc(CO)nn2C)cc2cc(F)ccc12. The third kappa shape index (κ3) is 6.54. The van der Waals surface area contributed by atoms with Crippen molar-refractivity contribution in [2.45, 2.75) is 57.4 Å². The fourth-order valence-electron chi connectivity index (χ4n) is 6.53. The molecule has 3 aromatic carbocycles. The van der Waals surface area contributed by atoms with E-state index in [4.69, 9.17) is 26.2 Å². The number of hydrogen-bond acceptors (Lipinski definition) is 7.